The number of nitrogens with zero attached hydrogens (tertiary/aromatic N) is 3. The lowest BCUT2D eigenvalue weighted by molar-refractivity contribution is -0.118. The summed E-state index contributed by atoms with van der Waals surface area (Å²) in [5.74, 6) is -0.348. The number of carbonyl (C=O) groups excluding carboxylic acids is 2. The van der Waals surface area contributed by atoms with Crippen molar-refractivity contribution in [2.75, 3.05) is 10.3 Å². The number of hydrazone groups is 1. The maximum absolute atomic E-state index is 12.8. The number of aromatic nitrogens is 1. The Labute approximate surface area is 166 Å². The molecule has 3 aromatic rings. The van der Waals surface area contributed by atoms with E-state index in [2.05, 4.69) is 27.5 Å². The predicted molar refractivity (Wildman–Crippen MR) is 113 cm³/mol. The summed E-state index contributed by atoms with van der Waals surface area (Å²) in [4.78, 5) is 29.4. The van der Waals surface area contributed by atoms with E-state index in [0.717, 1.165) is 27.0 Å². The molecular formula is C21H20N4O2S. The summed E-state index contributed by atoms with van der Waals surface area (Å²) in [5.41, 5.74) is 4.26. The van der Waals surface area contributed by atoms with Crippen molar-refractivity contribution in [2.24, 2.45) is 5.10 Å². The van der Waals surface area contributed by atoms with Crippen molar-refractivity contribution in [3.63, 3.8) is 0 Å². The van der Waals surface area contributed by atoms with Crippen LogP contribution in [0.3, 0.4) is 0 Å². The fourth-order valence-corrected chi connectivity index (χ4v) is 4.41. The van der Waals surface area contributed by atoms with Gasteiger partial charge in [0.15, 0.2) is 10.9 Å². The van der Waals surface area contributed by atoms with Gasteiger partial charge in [0.1, 0.15) is 11.8 Å². The summed E-state index contributed by atoms with van der Waals surface area (Å²) in [5, 5.41) is 9.45. The van der Waals surface area contributed by atoms with E-state index in [1.165, 1.54) is 18.3 Å². The van der Waals surface area contributed by atoms with Crippen molar-refractivity contribution in [2.45, 2.75) is 33.2 Å². The van der Waals surface area contributed by atoms with E-state index in [1.54, 1.807) is 5.01 Å². The van der Waals surface area contributed by atoms with Gasteiger partial charge >= 0.3 is 0 Å². The lowest BCUT2D eigenvalue weighted by Gasteiger charge is -2.20. The van der Waals surface area contributed by atoms with Crippen molar-refractivity contribution < 1.29 is 9.59 Å². The summed E-state index contributed by atoms with van der Waals surface area (Å²) < 4.78 is 1.04. The van der Waals surface area contributed by atoms with E-state index in [9.17, 15) is 9.59 Å². The second-order valence-electron chi connectivity index (χ2n) is 6.96. The van der Waals surface area contributed by atoms with Crippen LogP contribution in [0.1, 0.15) is 24.5 Å². The molecule has 1 aliphatic heterocycles. The highest BCUT2D eigenvalue weighted by molar-refractivity contribution is 7.22. The Morgan fingerprint density at radius 3 is 2.64 bits per heavy atom. The second-order valence-corrected chi connectivity index (χ2v) is 7.99. The Morgan fingerprint density at radius 2 is 1.93 bits per heavy atom. The number of carbonyl (C=O) groups is 2. The Kier molecular flexibility index (Phi) is 4.68. The van der Waals surface area contributed by atoms with Gasteiger partial charge in [0.2, 0.25) is 0 Å². The number of benzene rings is 2. The van der Waals surface area contributed by atoms with E-state index in [-0.39, 0.29) is 18.1 Å². The van der Waals surface area contributed by atoms with Gasteiger partial charge in [0.05, 0.1) is 15.9 Å². The minimum Gasteiger partial charge on any atom is -0.298 e. The molecule has 1 aliphatic rings. The third-order valence-electron chi connectivity index (χ3n) is 4.71. The largest absolute Gasteiger partial charge is 0.298 e. The van der Waals surface area contributed by atoms with E-state index >= 15 is 0 Å². The molecule has 0 fully saturated rings. The van der Waals surface area contributed by atoms with Crippen molar-refractivity contribution in [3.05, 3.63) is 53.6 Å². The standard InChI is InChI=1S/C21H20N4O2S/c1-12-9-13(2)19-18(10-12)28-21(22-19)23-20(27)16-11-17(14(3)26)25(24-16)15-7-5-4-6-8-15/h4-10,17H,11H2,1-3H3,(H,22,23,27). The van der Waals surface area contributed by atoms with Gasteiger partial charge in [-0.3, -0.25) is 19.9 Å². The SMILES string of the molecule is CC(=O)C1CC(C(=O)Nc2nc3c(C)cc(C)cc3s2)=NN1c1ccccc1. The summed E-state index contributed by atoms with van der Waals surface area (Å²) in [6.07, 6.45) is 0.277. The van der Waals surface area contributed by atoms with Gasteiger partial charge in [-0.25, -0.2) is 4.98 Å². The summed E-state index contributed by atoms with van der Waals surface area (Å²) >= 11 is 1.44. The summed E-state index contributed by atoms with van der Waals surface area (Å²) in [7, 11) is 0. The zero-order valence-electron chi connectivity index (χ0n) is 15.9. The molecule has 0 bridgehead atoms. The molecule has 1 N–H and O–H groups in total. The number of hydrogen-bond donors (Lipinski definition) is 1. The second kappa shape index (κ2) is 7.16. The molecule has 28 heavy (non-hydrogen) atoms. The molecule has 1 unspecified atom stereocenters. The Hall–Kier alpha value is -3.06. The van der Waals surface area contributed by atoms with Gasteiger partial charge in [-0.15, -0.1) is 0 Å². The van der Waals surface area contributed by atoms with Crippen molar-refractivity contribution in [1.29, 1.82) is 0 Å². The zero-order chi connectivity index (χ0) is 19.8. The topological polar surface area (TPSA) is 74.7 Å². The van der Waals surface area contributed by atoms with E-state index in [4.69, 9.17) is 0 Å². The van der Waals surface area contributed by atoms with Crippen molar-refractivity contribution in [1.82, 2.24) is 4.98 Å². The van der Waals surface area contributed by atoms with E-state index < -0.39 is 6.04 Å². The number of Topliss-reactive ketones (excluding diaryl/α,β-unsaturated/α-hetero) is 1. The maximum atomic E-state index is 12.8. The fourth-order valence-electron chi connectivity index (χ4n) is 3.38. The first-order valence-electron chi connectivity index (χ1n) is 9.03. The van der Waals surface area contributed by atoms with Crippen LogP contribution in [-0.2, 0) is 9.59 Å². The molecule has 0 saturated heterocycles. The number of fused-ring (bicyclic) bond motifs is 1. The number of ketones is 1. The van der Waals surface area contributed by atoms with Gasteiger partial charge in [-0.2, -0.15) is 5.10 Å². The third kappa shape index (κ3) is 3.41. The smallest absolute Gasteiger partial charge is 0.273 e. The van der Waals surface area contributed by atoms with Crippen LogP contribution in [0.4, 0.5) is 10.8 Å². The van der Waals surface area contributed by atoms with Crippen LogP contribution in [0.15, 0.2) is 47.6 Å². The van der Waals surface area contributed by atoms with Crippen molar-refractivity contribution >= 4 is 49.8 Å². The molecule has 1 atom stereocenters. The zero-order valence-corrected chi connectivity index (χ0v) is 16.7. The first-order chi connectivity index (χ1) is 13.4. The highest BCUT2D eigenvalue weighted by atomic mass is 32.1. The van der Waals surface area contributed by atoms with Crippen LogP contribution >= 0.6 is 11.3 Å². The average Bonchev–Trinajstić information content (AvgIpc) is 3.27. The van der Waals surface area contributed by atoms with Crippen molar-refractivity contribution in [3.8, 4) is 0 Å². The molecule has 6 nitrogen and oxygen atoms in total. The highest BCUT2D eigenvalue weighted by Gasteiger charge is 2.34. The number of thiazole rings is 1. The van der Waals surface area contributed by atoms with Crippen LogP contribution in [-0.4, -0.2) is 28.4 Å². The summed E-state index contributed by atoms with van der Waals surface area (Å²) in [6, 6.07) is 13.1. The molecule has 0 saturated carbocycles. The van der Waals surface area contributed by atoms with Gasteiger partial charge in [0.25, 0.3) is 5.91 Å². The van der Waals surface area contributed by atoms with Crippen LogP contribution in [0.5, 0.6) is 0 Å². The minimum absolute atomic E-state index is 0.0264. The van der Waals surface area contributed by atoms with Gasteiger partial charge < -0.3 is 0 Å². The molecule has 0 radical (unpaired) electrons. The van der Waals surface area contributed by atoms with Gasteiger partial charge in [0, 0.05) is 6.42 Å². The molecule has 2 heterocycles. The Morgan fingerprint density at radius 1 is 1.18 bits per heavy atom. The number of nitrogens with one attached hydrogen (secondary N) is 1. The van der Waals surface area contributed by atoms with Gasteiger partial charge in [-0.05, 0) is 50.1 Å². The number of hydrogen-bond acceptors (Lipinski definition) is 6. The Balaban J connectivity index is 1.59. The molecule has 1 aromatic heterocycles. The number of rotatable bonds is 4. The van der Waals surface area contributed by atoms with Crippen LogP contribution in [0.2, 0.25) is 0 Å². The number of para-hydroxylation sites is 1. The number of amides is 1. The first-order valence-corrected chi connectivity index (χ1v) is 9.85. The number of aryl methyl sites for hydroxylation is 2. The van der Waals surface area contributed by atoms with E-state index in [0.29, 0.717) is 10.8 Å². The lowest BCUT2D eigenvalue weighted by Crippen LogP contribution is -2.33. The van der Waals surface area contributed by atoms with Crippen LogP contribution < -0.4 is 10.3 Å². The summed E-state index contributed by atoms with van der Waals surface area (Å²) in [6.45, 7) is 5.57. The fraction of sp³-hybridized carbons (Fsp3) is 0.238. The molecule has 4 rings (SSSR count). The first kappa shape index (κ1) is 18.3. The average molecular weight is 392 g/mol. The van der Waals surface area contributed by atoms with Crippen LogP contribution in [0, 0.1) is 13.8 Å². The molecular weight excluding hydrogens is 372 g/mol. The quantitative estimate of drug-likeness (QED) is 0.726. The molecule has 2 aromatic carbocycles. The van der Waals surface area contributed by atoms with E-state index in [1.807, 2.05) is 44.2 Å². The molecule has 0 spiro atoms. The third-order valence-corrected chi connectivity index (χ3v) is 5.63. The van der Waals surface area contributed by atoms with Gasteiger partial charge in [-0.1, -0.05) is 35.6 Å². The predicted octanol–water partition coefficient (Wildman–Crippen LogP) is 4.08. The molecule has 7 heteroatoms. The highest BCUT2D eigenvalue weighted by Crippen LogP contribution is 2.30. The molecule has 0 aliphatic carbocycles. The molecule has 142 valence electrons. The monoisotopic (exact) mass is 392 g/mol. The Bertz CT molecular complexity index is 1100. The lowest BCUT2D eigenvalue weighted by atomic mass is 10.1. The minimum atomic E-state index is -0.469. The molecule has 1 amide bonds. The maximum Gasteiger partial charge on any atom is 0.273 e. The number of anilines is 2. The van der Waals surface area contributed by atoms with Crippen LogP contribution in [0.25, 0.3) is 10.2 Å². The normalized spacial score (nSPS) is 16.3.